The molecule has 7 heteroatoms. The number of amides is 1. The van der Waals surface area contributed by atoms with E-state index in [2.05, 4.69) is 9.80 Å². The van der Waals surface area contributed by atoms with Crippen LogP contribution in [0.4, 0.5) is 5.69 Å². The van der Waals surface area contributed by atoms with Crippen LogP contribution in [0.25, 0.3) is 0 Å². The molecule has 1 atom stereocenters. The molecule has 0 aromatic heterocycles. The highest BCUT2D eigenvalue weighted by Crippen LogP contribution is 2.26. The number of carbonyl (C=O) groups excluding carboxylic acids is 2. The zero-order chi connectivity index (χ0) is 18.5. The Kier molecular flexibility index (Phi) is 6.38. The zero-order valence-electron chi connectivity index (χ0n) is 15.2. The second kappa shape index (κ2) is 8.73. The second-order valence-electron chi connectivity index (χ2n) is 6.91. The molecule has 6 nitrogen and oxygen atoms in total. The molecule has 2 aliphatic rings. The molecule has 2 saturated heterocycles. The normalized spacial score (nSPS) is 19.7. The summed E-state index contributed by atoms with van der Waals surface area (Å²) in [5.74, 6) is -0.137. The lowest BCUT2D eigenvalue weighted by molar-refractivity contribution is -0.150. The fourth-order valence-corrected chi connectivity index (χ4v) is 3.93. The van der Waals surface area contributed by atoms with Gasteiger partial charge in [0.2, 0.25) is 5.91 Å². The lowest BCUT2D eigenvalue weighted by atomic mass is 10.2. The summed E-state index contributed by atoms with van der Waals surface area (Å²) >= 11 is 6.29. The Hall–Kier alpha value is -1.79. The third kappa shape index (κ3) is 4.89. The van der Waals surface area contributed by atoms with E-state index in [1.54, 1.807) is 0 Å². The van der Waals surface area contributed by atoms with E-state index in [0.717, 1.165) is 49.9 Å². The van der Waals surface area contributed by atoms with Crippen LogP contribution in [0.1, 0.15) is 19.8 Å². The van der Waals surface area contributed by atoms with Gasteiger partial charge in [-0.3, -0.25) is 14.5 Å². The van der Waals surface area contributed by atoms with E-state index in [1.165, 1.54) is 6.92 Å². The van der Waals surface area contributed by atoms with Gasteiger partial charge in [0.15, 0.2) is 0 Å². The maximum atomic E-state index is 11.9. The maximum Gasteiger partial charge on any atom is 0.303 e. The third-order valence-corrected chi connectivity index (χ3v) is 5.27. The van der Waals surface area contributed by atoms with Gasteiger partial charge in [-0.25, -0.2) is 0 Å². The Morgan fingerprint density at radius 2 is 1.88 bits per heavy atom. The van der Waals surface area contributed by atoms with E-state index < -0.39 is 0 Å². The molecular weight excluding hydrogens is 354 g/mol. The fourth-order valence-electron chi connectivity index (χ4n) is 3.68. The van der Waals surface area contributed by atoms with Gasteiger partial charge in [-0.2, -0.15) is 0 Å². The predicted octanol–water partition coefficient (Wildman–Crippen LogP) is 2.02. The number of hydrogen-bond acceptors (Lipinski definition) is 5. The molecule has 1 amide bonds. The van der Waals surface area contributed by atoms with Gasteiger partial charge in [-0.05, 0) is 18.6 Å². The van der Waals surface area contributed by atoms with Crippen molar-refractivity contribution >= 4 is 29.2 Å². The molecule has 1 aromatic carbocycles. The van der Waals surface area contributed by atoms with Crippen molar-refractivity contribution in [3.8, 4) is 0 Å². The van der Waals surface area contributed by atoms with E-state index in [4.69, 9.17) is 16.3 Å². The highest BCUT2D eigenvalue weighted by molar-refractivity contribution is 6.33. The largest absolute Gasteiger partial charge is 0.459 e. The van der Waals surface area contributed by atoms with Crippen molar-refractivity contribution in [1.82, 2.24) is 9.80 Å². The van der Waals surface area contributed by atoms with Crippen molar-refractivity contribution < 1.29 is 14.3 Å². The SMILES string of the molecule is CC(=O)OC(CN1CCN(c2ccccc2Cl)CC1)CN1CCCC1=O. The Bertz CT molecular complexity index is 647. The van der Waals surface area contributed by atoms with Crippen molar-refractivity contribution in [3.63, 3.8) is 0 Å². The predicted molar refractivity (Wildman–Crippen MR) is 101 cm³/mol. The smallest absolute Gasteiger partial charge is 0.303 e. The van der Waals surface area contributed by atoms with Crippen LogP contribution in [-0.2, 0) is 14.3 Å². The summed E-state index contributed by atoms with van der Waals surface area (Å²) in [7, 11) is 0. The van der Waals surface area contributed by atoms with Crippen LogP contribution >= 0.6 is 11.6 Å². The summed E-state index contributed by atoms with van der Waals surface area (Å²) in [6.45, 7) is 6.82. The van der Waals surface area contributed by atoms with E-state index in [0.29, 0.717) is 19.5 Å². The van der Waals surface area contributed by atoms with Crippen molar-refractivity contribution in [1.29, 1.82) is 0 Å². The van der Waals surface area contributed by atoms with Crippen LogP contribution in [0.15, 0.2) is 24.3 Å². The molecule has 0 spiro atoms. The van der Waals surface area contributed by atoms with E-state index in [-0.39, 0.29) is 18.0 Å². The number of benzene rings is 1. The number of rotatable bonds is 6. The first-order valence-corrected chi connectivity index (χ1v) is 9.57. The average Bonchev–Trinajstić information content (AvgIpc) is 3.00. The lowest BCUT2D eigenvalue weighted by Crippen LogP contribution is -2.51. The number of ether oxygens (including phenoxy) is 1. The minimum absolute atomic E-state index is 0.158. The van der Waals surface area contributed by atoms with Crippen LogP contribution in [0.2, 0.25) is 5.02 Å². The molecule has 2 fully saturated rings. The third-order valence-electron chi connectivity index (χ3n) is 4.96. The Morgan fingerprint density at radius 1 is 1.15 bits per heavy atom. The lowest BCUT2D eigenvalue weighted by Gasteiger charge is -2.38. The number of esters is 1. The minimum atomic E-state index is -0.295. The topological polar surface area (TPSA) is 53.1 Å². The summed E-state index contributed by atoms with van der Waals surface area (Å²) in [5.41, 5.74) is 1.06. The molecule has 0 N–H and O–H groups in total. The van der Waals surface area contributed by atoms with Gasteiger partial charge < -0.3 is 14.5 Å². The molecule has 0 radical (unpaired) electrons. The van der Waals surface area contributed by atoms with Gasteiger partial charge in [0.05, 0.1) is 17.3 Å². The molecule has 1 unspecified atom stereocenters. The van der Waals surface area contributed by atoms with Crippen molar-refractivity contribution in [2.24, 2.45) is 0 Å². The van der Waals surface area contributed by atoms with Gasteiger partial charge in [-0.15, -0.1) is 0 Å². The summed E-state index contributed by atoms with van der Waals surface area (Å²) < 4.78 is 5.48. The van der Waals surface area contributed by atoms with Crippen LogP contribution in [0, 0.1) is 0 Å². The Balaban J connectivity index is 1.54. The quantitative estimate of drug-likeness (QED) is 0.708. The zero-order valence-corrected chi connectivity index (χ0v) is 16.0. The standard InChI is InChI=1S/C19H26ClN3O3/c1-15(24)26-16(14-23-8-4-7-19(23)25)13-21-9-11-22(12-10-21)18-6-3-2-5-17(18)20/h2-3,5-6,16H,4,7-14H2,1H3. The van der Waals surface area contributed by atoms with E-state index in [1.807, 2.05) is 29.2 Å². The summed E-state index contributed by atoms with van der Waals surface area (Å²) in [6.07, 6.45) is 1.22. The molecule has 3 rings (SSSR count). The number of hydrogen-bond donors (Lipinski definition) is 0. The summed E-state index contributed by atoms with van der Waals surface area (Å²) in [4.78, 5) is 29.7. The average molecular weight is 380 g/mol. The molecule has 2 heterocycles. The van der Waals surface area contributed by atoms with E-state index in [9.17, 15) is 9.59 Å². The Labute approximate surface area is 159 Å². The highest BCUT2D eigenvalue weighted by Gasteiger charge is 2.27. The first kappa shape index (κ1) is 19.0. The maximum absolute atomic E-state index is 11.9. The first-order valence-electron chi connectivity index (χ1n) is 9.20. The van der Waals surface area contributed by atoms with Gasteiger partial charge in [0, 0.05) is 52.6 Å². The van der Waals surface area contributed by atoms with Crippen LogP contribution in [-0.4, -0.2) is 73.6 Å². The van der Waals surface area contributed by atoms with Crippen molar-refractivity contribution in [2.45, 2.75) is 25.9 Å². The van der Waals surface area contributed by atoms with Gasteiger partial charge in [-0.1, -0.05) is 23.7 Å². The second-order valence-corrected chi connectivity index (χ2v) is 7.32. The van der Waals surface area contributed by atoms with Gasteiger partial charge >= 0.3 is 5.97 Å². The monoisotopic (exact) mass is 379 g/mol. The number of piperazine rings is 1. The number of nitrogens with zero attached hydrogens (tertiary/aromatic N) is 3. The van der Waals surface area contributed by atoms with Gasteiger partial charge in [0.25, 0.3) is 0 Å². The number of carbonyl (C=O) groups is 2. The van der Waals surface area contributed by atoms with Crippen molar-refractivity contribution in [3.05, 3.63) is 29.3 Å². The number of likely N-dealkylation sites (tertiary alicyclic amines) is 1. The molecular formula is C19H26ClN3O3. The minimum Gasteiger partial charge on any atom is -0.459 e. The number of para-hydroxylation sites is 1. The Morgan fingerprint density at radius 3 is 2.50 bits per heavy atom. The molecule has 1 aromatic rings. The van der Waals surface area contributed by atoms with Gasteiger partial charge in [0.1, 0.15) is 6.10 Å². The molecule has 0 aliphatic carbocycles. The molecule has 0 saturated carbocycles. The fraction of sp³-hybridized carbons (Fsp3) is 0.579. The van der Waals surface area contributed by atoms with E-state index >= 15 is 0 Å². The highest BCUT2D eigenvalue weighted by atomic mass is 35.5. The summed E-state index contributed by atoms with van der Waals surface area (Å²) in [6, 6.07) is 7.88. The van der Waals surface area contributed by atoms with Crippen molar-refractivity contribution in [2.75, 3.05) is 50.7 Å². The molecule has 2 aliphatic heterocycles. The molecule has 142 valence electrons. The summed E-state index contributed by atoms with van der Waals surface area (Å²) in [5, 5.41) is 0.770. The number of halogens is 1. The first-order chi connectivity index (χ1) is 12.5. The van der Waals surface area contributed by atoms with Crippen LogP contribution in [0.5, 0.6) is 0 Å². The molecule has 26 heavy (non-hydrogen) atoms. The molecule has 0 bridgehead atoms. The number of anilines is 1. The van der Waals surface area contributed by atoms with Crippen LogP contribution < -0.4 is 4.90 Å². The van der Waals surface area contributed by atoms with Crippen LogP contribution in [0.3, 0.4) is 0 Å².